The van der Waals surface area contributed by atoms with Crippen molar-refractivity contribution in [2.24, 2.45) is 13.0 Å². The number of piperidine rings is 1. The molecule has 3 rings (SSSR count). The molecule has 0 saturated carbocycles. The highest BCUT2D eigenvalue weighted by Gasteiger charge is 2.22. The lowest BCUT2D eigenvalue weighted by Crippen LogP contribution is -2.38. The van der Waals surface area contributed by atoms with E-state index in [0.717, 1.165) is 25.9 Å². The van der Waals surface area contributed by atoms with Crippen LogP contribution in [0.2, 0.25) is 0 Å². The molecule has 1 unspecified atom stereocenters. The number of carbonyl (C=O) groups excluding carboxylic acids is 1. The lowest BCUT2D eigenvalue weighted by atomic mass is 9.99. The van der Waals surface area contributed by atoms with Crippen LogP contribution < -0.4 is 10.9 Å². The predicted octanol–water partition coefficient (Wildman–Crippen LogP) is 1.46. The number of amides is 1. The van der Waals surface area contributed by atoms with E-state index in [4.69, 9.17) is 5.26 Å². The third-order valence-electron chi connectivity index (χ3n) is 5.23. The molecule has 1 aliphatic rings. The number of carbonyl (C=O) groups is 1. The zero-order chi connectivity index (χ0) is 20.3. The van der Waals surface area contributed by atoms with Crippen molar-refractivity contribution in [3.63, 3.8) is 0 Å². The maximum absolute atomic E-state index is 13.0. The van der Waals surface area contributed by atoms with Gasteiger partial charge in [-0.2, -0.15) is 10.4 Å². The molecule has 2 aromatic heterocycles. The van der Waals surface area contributed by atoms with Crippen molar-refractivity contribution in [3.8, 4) is 6.07 Å². The molecule has 3 heterocycles. The molecule has 0 aromatic carbocycles. The standard InChI is InChI=1S/C20H26N6O2.ClH/c1-14-6-8-26(12-15-5-4-7-22-11-15)20(28)18(14)19(27)24(2)13-16-9-17(10-21)25(3)23-16;/h6,8-9,15,22H,4-5,7,11-13H2,1-3H3;1H. The maximum Gasteiger partial charge on any atom is 0.263 e. The van der Waals surface area contributed by atoms with Gasteiger partial charge >= 0.3 is 0 Å². The van der Waals surface area contributed by atoms with E-state index in [9.17, 15) is 9.59 Å². The molecule has 8 nitrogen and oxygen atoms in total. The molecule has 2 aromatic rings. The third-order valence-corrected chi connectivity index (χ3v) is 5.23. The summed E-state index contributed by atoms with van der Waals surface area (Å²) in [6, 6.07) is 5.53. The molecule has 1 amide bonds. The highest BCUT2D eigenvalue weighted by molar-refractivity contribution is 5.95. The number of nitrogens with zero attached hydrogens (tertiary/aromatic N) is 5. The fraction of sp³-hybridized carbons (Fsp3) is 0.500. The van der Waals surface area contributed by atoms with Gasteiger partial charge < -0.3 is 14.8 Å². The highest BCUT2D eigenvalue weighted by atomic mass is 35.5. The Morgan fingerprint density at radius 3 is 2.86 bits per heavy atom. The lowest BCUT2D eigenvalue weighted by Gasteiger charge is -2.24. The van der Waals surface area contributed by atoms with E-state index < -0.39 is 0 Å². The normalized spacial score (nSPS) is 16.0. The first-order valence-corrected chi connectivity index (χ1v) is 9.50. The van der Waals surface area contributed by atoms with E-state index in [2.05, 4.69) is 16.5 Å². The van der Waals surface area contributed by atoms with Gasteiger partial charge in [-0.1, -0.05) is 0 Å². The number of hydrogen-bond donors (Lipinski definition) is 1. The van der Waals surface area contributed by atoms with Crippen molar-refractivity contribution in [3.05, 3.63) is 51.2 Å². The fourth-order valence-corrected chi connectivity index (χ4v) is 3.64. The highest BCUT2D eigenvalue weighted by Crippen LogP contribution is 2.14. The number of pyridine rings is 1. The Morgan fingerprint density at radius 2 is 2.24 bits per heavy atom. The number of aryl methyl sites for hydroxylation is 2. The van der Waals surface area contributed by atoms with Crippen LogP contribution in [-0.4, -0.2) is 45.3 Å². The first kappa shape index (κ1) is 22.7. The van der Waals surface area contributed by atoms with E-state index in [-0.39, 0.29) is 36.0 Å². The minimum atomic E-state index is -0.331. The summed E-state index contributed by atoms with van der Waals surface area (Å²) in [6.07, 6.45) is 3.97. The van der Waals surface area contributed by atoms with Gasteiger partial charge in [0.05, 0.1) is 12.2 Å². The van der Waals surface area contributed by atoms with Gasteiger partial charge in [-0.25, -0.2) is 0 Å². The van der Waals surface area contributed by atoms with Gasteiger partial charge in [0, 0.05) is 26.8 Å². The Balaban J connectivity index is 0.00000300. The fourth-order valence-electron chi connectivity index (χ4n) is 3.64. The van der Waals surface area contributed by atoms with Gasteiger partial charge in [-0.3, -0.25) is 14.3 Å². The maximum atomic E-state index is 13.0. The number of halogens is 1. The predicted molar refractivity (Wildman–Crippen MR) is 112 cm³/mol. The average molecular weight is 419 g/mol. The van der Waals surface area contributed by atoms with E-state index in [1.54, 1.807) is 37.8 Å². The summed E-state index contributed by atoms with van der Waals surface area (Å²) in [7, 11) is 3.33. The second-order valence-electron chi connectivity index (χ2n) is 7.46. The first-order valence-electron chi connectivity index (χ1n) is 9.50. The zero-order valence-corrected chi connectivity index (χ0v) is 17.8. The molecule has 1 saturated heterocycles. The van der Waals surface area contributed by atoms with Crippen LogP contribution in [0.5, 0.6) is 0 Å². The summed E-state index contributed by atoms with van der Waals surface area (Å²) >= 11 is 0. The minimum Gasteiger partial charge on any atom is -0.336 e. The van der Waals surface area contributed by atoms with Crippen molar-refractivity contribution in [2.45, 2.75) is 32.9 Å². The van der Waals surface area contributed by atoms with Crippen molar-refractivity contribution >= 4 is 18.3 Å². The lowest BCUT2D eigenvalue weighted by molar-refractivity contribution is 0.0779. The van der Waals surface area contributed by atoms with E-state index in [0.29, 0.717) is 29.4 Å². The SMILES string of the molecule is Cc1ccn(CC2CCCNC2)c(=O)c1C(=O)N(C)Cc1cc(C#N)n(C)n1.Cl. The van der Waals surface area contributed by atoms with Gasteiger partial charge in [0.25, 0.3) is 11.5 Å². The smallest absolute Gasteiger partial charge is 0.263 e. The molecular weight excluding hydrogens is 392 g/mol. The molecule has 1 N–H and O–H groups in total. The zero-order valence-electron chi connectivity index (χ0n) is 17.0. The molecular formula is C20H27ClN6O2. The minimum absolute atomic E-state index is 0. The first-order chi connectivity index (χ1) is 13.4. The van der Waals surface area contributed by atoms with Crippen LogP contribution in [0.1, 0.15) is 40.2 Å². The number of hydrogen-bond acceptors (Lipinski definition) is 5. The van der Waals surface area contributed by atoms with Crippen LogP contribution in [0.15, 0.2) is 23.1 Å². The van der Waals surface area contributed by atoms with Crippen molar-refractivity contribution < 1.29 is 4.79 Å². The molecule has 1 aliphatic heterocycles. The molecule has 1 fully saturated rings. The van der Waals surface area contributed by atoms with Crippen LogP contribution >= 0.6 is 12.4 Å². The Hall–Kier alpha value is -2.63. The Morgan fingerprint density at radius 1 is 1.48 bits per heavy atom. The molecule has 0 aliphatic carbocycles. The number of nitrogens with one attached hydrogen (secondary N) is 1. The van der Waals surface area contributed by atoms with Crippen molar-refractivity contribution in [2.75, 3.05) is 20.1 Å². The second-order valence-corrected chi connectivity index (χ2v) is 7.46. The number of aromatic nitrogens is 3. The molecule has 1 atom stereocenters. The summed E-state index contributed by atoms with van der Waals surface area (Å²) in [6.45, 7) is 4.54. The Labute approximate surface area is 176 Å². The second kappa shape index (κ2) is 9.72. The molecule has 0 radical (unpaired) electrons. The van der Waals surface area contributed by atoms with Gasteiger partial charge in [-0.15, -0.1) is 12.4 Å². The summed E-state index contributed by atoms with van der Waals surface area (Å²) in [5.74, 6) is 0.0653. The number of rotatable bonds is 5. The molecule has 0 bridgehead atoms. The topological polar surface area (TPSA) is 96.0 Å². The van der Waals surface area contributed by atoms with E-state index in [1.807, 2.05) is 6.07 Å². The average Bonchev–Trinajstić information content (AvgIpc) is 3.04. The summed E-state index contributed by atoms with van der Waals surface area (Å²) in [5, 5.41) is 16.7. The van der Waals surface area contributed by atoms with E-state index >= 15 is 0 Å². The van der Waals surface area contributed by atoms with Gasteiger partial charge in [0.1, 0.15) is 17.3 Å². The van der Waals surface area contributed by atoms with Gasteiger partial charge in [-0.05, 0) is 56.5 Å². The quantitative estimate of drug-likeness (QED) is 0.792. The van der Waals surface area contributed by atoms with Crippen molar-refractivity contribution in [1.29, 1.82) is 5.26 Å². The van der Waals surface area contributed by atoms with Gasteiger partial charge in [0.15, 0.2) is 0 Å². The van der Waals surface area contributed by atoms with Crippen LogP contribution in [0.4, 0.5) is 0 Å². The van der Waals surface area contributed by atoms with Crippen molar-refractivity contribution in [1.82, 2.24) is 24.6 Å². The Bertz CT molecular complexity index is 968. The van der Waals surface area contributed by atoms with Gasteiger partial charge in [0.2, 0.25) is 0 Å². The van der Waals surface area contributed by atoms with Crippen LogP contribution in [0, 0.1) is 24.2 Å². The summed E-state index contributed by atoms with van der Waals surface area (Å²) in [4.78, 5) is 27.5. The van der Waals surface area contributed by atoms with Crippen LogP contribution in [0.25, 0.3) is 0 Å². The van der Waals surface area contributed by atoms with Crippen LogP contribution in [0.3, 0.4) is 0 Å². The monoisotopic (exact) mass is 418 g/mol. The summed E-state index contributed by atoms with van der Waals surface area (Å²) in [5.41, 5.74) is 1.65. The molecule has 156 valence electrons. The molecule has 29 heavy (non-hydrogen) atoms. The van der Waals surface area contributed by atoms with E-state index in [1.165, 1.54) is 9.58 Å². The van der Waals surface area contributed by atoms with Crippen LogP contribution in [-0.2, 0) is 20.1 Å². The molecule has 0 spiro atoms. The Kier molecular flexibility index (Phi) is 7.59. The largest absolute Gasteiger partial charge is 0.336 e. The summed E-state index contributed by atoms with van der Waals surface area (Å²) < 4.78 is 3.13. The third kappa shape index (κ3) is 5.05. The number of nitriles is 1. The molecule has 9 heteroatoms.